The van der Waals surface area contributed by atoms with E-state index < -0.39 is 0 Å². The topological polar surface area (TPSA) is 38.5 Å². The standard InChI is InChI=1S/C14H21BrN2O/c1-10-4-5-11(15)6-12(10)13(17(2)3)14(7-16)8-18-9-14/h4-6,13H,7-9,16H2,1-3H3. The van der Waals surface area contributed by atoms with E-state index in [-0.39, 0.29) is 5.41 Å². The van der Waals surface area contributed by atoms with Gasteiger partial charge in [0.15, 0.2) is 0 Å². The Bertz CT molecular complexity index is 424. The van der Waals surface area contributed by atoms with Crippen molar-refractivity contribution in [1.82, 2.24) is 4.90 Å². The lowest BCUT2D eigenvalue weighted by Crippen LogP contribution is -2.55. The Morgan fingerprint density at radius 3 is 2.56 bits per heavy atom. The first-order valence-electron chi connectivity index (χ1n) is 6.20. The van der Waals surface area contributed by atoms with Gasteiger partial charge in [-0.05, 0) is 44.3 Å². The van der Waals surface area contributed by atoms with Gasteiger partial charge < -0.3 is 15.4 Å². The lowest BCUT2D eigenvalue weighted by molar-refractivity contribution is -0.145. The lowest BCUT2D eigenvalue weighted by atomic mass is 9.73. The van der Waals surface area contributed by atoms with Crippen molar-refractivity contribution in [1.29, 1.82) is 0 Å². The summed E-state index contributed by atoms with van der Waals surface area (Å²) >= 11 is 3.56. The van der Waals surface area contributed by atoms with E-state index in [0.29, 0.717) is 12.6 Å². The van der Waals surface area contributed by atoms with E-state index in [1.54, 1.807) is 0 Å². The molecular weight excluding hydrogens is 292 g/mol. The van der Waals surface area contributed by atoms with Crippen LogP contribution >= 0.6 is 15.9 Å². The van der Waals surface area contributed by atoms with Gasteiger partial charge in [0, 0.05) is 22.5 Å². The molecule has 0 amide bonds. The van der Waals surface area contributed by atoms with Crippen molar-refractivity contribution in [2.45, 2.75) is 13.0 Å². The molecule has 1 fully saturated rings. The average molecular weight is 313 g/mol. The van der Waals surface area contributed by atoms with Crippen molar-refractivity contribution < 1.29 is 4.74 Å². The van der Waals surface area contributed by atoms with Crippen LogP contribution in [0.3, 0.4) is 0 Å². The number of halogens is 1. The van der Waals surface area contributed by atoms with Crippen LogP contribution in [-0.4, -0.2) is 38.8 Å². The maximum atomic E-state index is 6.01. The summed E-state index contributed by atoms with van der Waals surface area (Å²) < 4.78 is 6.55. The third-order valence-corrected chi connectivity index (χ3v) is 4.31. The van der Waals surface area contributed by atoms with Crippen molar-refractivity contribution >= 4 is 15.9 Å². The quantitative estimate of drug-likeness (QED) is 0.927. The molecule has 1 heterocycles. The van der Waals surface area contributed by atoms with Crippen LogP contribution in [0.4, 0.5) is 0 Å². The number of ether oxygens (including phenoxy) is 1. The lowest BCUT2D eigenvalue weighted by Gasteiger charge is -2.49. The van der Waals surface area contributed by atoms with Gasteiger partial charge in [0.1, 0.15) is 0 Å². The zero-order valence-corrected chi connectivity index (χ0v) is 12.8. The number of hydrogen-bond donors (Lipinski definition) is 1. The predicted octanol–water partition coefficient (Wildman–Crippen LogP) is 2.34. The molecule has 0 aliphatic carbocycles. The number of aryl methyl sites for hydroxylation is 1. The first-order valence-corrected chi connectivity index (χ1v) is 7.00. The van der Waals surface area contributed by atoms with Gasteiger partial charge in [-0.15, -0.1) is 0 Å². The summed E-state index contributed by atoms with van der Waals surface area (Å²) in [5, 5.41) is 0. The van der Waals surface area contributed by atoms with Gasteiger partial charge in [-0.2, -0.15) is 0 Å². The Labute approximate surface area is 117 Å². The van der Waals surface area contributed by atoms with Gasteiger partial charge in [0.2, 0.25) is 0 Å². The second kappa shape index (κ2) is 5.29. The zero-order valence-electron chi connectivity index (χ0n) is 11.2. The largest absolute Gasteiger partial charge is 0.380 e. The van der Waals surface area contributed by atoms with Gasteiger partial charge in [-0.25, -0.2) is 0 Å². The summed E-state index contributed by atoms with van der Waals surface area (Å²) in [6, 6.07) is 6.74. The molecule has 0 bridgehead atoms. The first-order chi connectivity index (χ1) is 8.50. The summed E-state index contributed by atoms with van der Waals surface area (Å²) in [7, 11) is 4.22. The molecule has 18 heavy (non-hydrogen) atoms. The monoisotopic (exact) mass is 312 g/mol. The molecule has 0 spiro atoms. The van der Waals surface area contributed by atoms with Crippen LogP contribution in [-0.2, 0) is 4.74 Å². The molecule has 1 aliphatic rings. The molecule has 1 aromatic carbocycles. The Morgan fingerprint density at radius 1 is 1.44 bits per heavy atom. The molecule has 2 rings (SSSR count). The van der Waals surface area contributed by atoms with E-state index in [1.807, 2.05) is 0 Å². The summed E-state index contributed by atoms with van der Waals surface area (Å²) in [5.41, 5.74) is 8.70. The molecule has 2 N–H and O–H groups in total. The van der Waals surface area contributed by atoms with Crippen molar-refractivity contribution in [3.8, 4) is 0 Å². The second-order valence-electron chi connectivity index (χ2n) is 5.43. The molecular formula is C14H21BrN2O. The van der Waals surface area contributed by atoms with Gasteiger partial charge in [0.25, 0.3) is 0 Å². The minimum absolute atomic E-state index is 0.0506. The minimum atomic E-state index is 0.0506. The van der Waals surface area contributed by atoms with Gasteiger partial charge in [-0.3, -0.25) is 0 Å². The van der Waals surface area contributed by atoms with E-state index in [2.05, 4.69) is 60.0 Å². The normalized spacial score (nSPS) is 19.7. The van der Waals surface area contributed by atoms with Crippen LogP contribution in [0.5, 0.6) is 0 Å². The average Bonchev–Trinajstić information content (AvgIpc) is 2.26. The van der Waals surface area contributed by atoms with E-state index >= 15 is 0 Å². The predicted molar refractivity (Wildman–Crippen MR) is 77.6 cm³/mol. The van der Waals surface area contributed by atoms with Crippen LogP contribution in [0.2, 0.25) is 0 Å². The fourth-order valence-electron chi connectivity index (χ4n) is 2.81. The fraction of sp³-hybridized carbons (Fsp3) is 0.571. The van der Waals surface area contributed by atoms with Gasteiger partial charge in [-0.1, -0.05) is 22.0 Å². The van der Waals surface area contributed by atoms with Crippen LogP contribution in [0, 0.1) is 12.3 Å². The summed E-state index contributed by atoms with van der Waals surface area (Å²) in [6.45, 7) is 4.31. The highest BCUT2D eigenvalue weighted by atomic mass is 79.9. The number of rotatable bonds is 4. The molecule has 1 atom stereocenters. The molecule has 0 saturated carbocycles. The first kappa shape index (κ1) is 14.0. The van der Waals surface area contributed by atoms with E-state index in [9.17, 15) is 0 Å². The zero-order chi connectivity index (χ0) is 13.3. The second-order valence-corrected chi connectivity index (χ2v) is 6.34. The van der Waals surface area contributed by atoms with Crippen LogP contribution in [0.1, 0.15) is 17.2 Å². The van der Waals surface area contributed by atoms with E-state index in [4.69, 9.17) is 10.5 Å². The van der Waals surface area contributed by atoms with Crippen molar-refractivity contribution in [3.05, 3.63) is 33.8 Å². The maximum Gasteiger partial charge on any atom is 0.0575 e. The van der Waals surface area contributed by atoms with E-state index in [1.165, 1.54) is 11.1 Å². The molecule has 4 heteroatoms. The highest BCUT2D eigenvalue weighted by Crippen LogP contribution is 2.44. The van der Waals surface area contributed by atoms with Crippen molar-refractivity contribution in [2.75, 3.05) is 33.9 Å². The van der Waals surface area contributed by atoms with Gasteiger partial charge in [0.05, 0.1) is 13.2 Å². The third kappa shape index (κ3) is 2.35. The Kier molecular flexibility index (Phi) is 4.11. The van der Waals surface area contributed by atoms with Crippen molar-refractivity contribution in [2.24, 2.45) is 11.1 Å². The van der Waals surface area contributed by atoms with Gasteiger partial charge >= 0.3 is 0 Å². The number of nitrogens with zero attached hydrogens (tertiary/aromatic N) is 1. The van der Waals surface area contributed by atoms with Crippen LogP contribution in [0.25, 0.3) is 0 Å². The van der Waals surface area contributed by atoms with Crippen LogP contribution < -0.4 is 5.73 Å². The Morgan fingerprint density at radius 2 is 2.11 bits per heavy atom. The number of hydrogen-bond acceptors (Lipinski definition) is 3. The SMILES string of the molecule is Cc1ccc(Br)cc1C(N(C)C)C1(CN)COC1. The number of nitrogens with two attached hydrogens (primary N) is 1. The van der Waals surface area contributed by atoms with Crippen molar-refractivity contribution in [3.63, 3.8) is 0 Å². The molecule has 0 aromatic heterocycles. The molecule has 1 aromatic rings. The Balaban J connectivity index is 2.44. The van der Waals surface area contributed by atoms with E-state index in [0.717, 1.165) is 17.7 Å². The molecule has 0 radical (unpaired) electrons. The molecule has 3 nitrogen and oxygen atoms in total. The smallest absolute Gasteiger partial charge is 0.0575 e. The Hall–Kier alpha value is -0.420. The molecule has 1 saturated heterocycles. The minimum Gasteiger partial charge on any atom is -0.380 e. The number of benzene rings is 1. The highest BCUT2D eigenvalue weighted by Gasteiger charge is 2.46. The van der Waals surface area contributed by atoms with Crippen LogP contribution in [0.15, 0.2) is 22.7 Å². The summed E-state index contributed by atoms with van der Waals surface area (Å²) in [5.74, 6) is 0. The highest BCUT2D eigenvalue weighted by molar-refractivity contribution is 9.10. The maximum absolute atomic E-state index is 6.01. The summed E-state index contributed by atoms with van der Waals surface area (Å²) in [6.07, 6.45) is 0. The fourth-order valence-corrected chi connectivity index (χ4v) is 3.19. The molecule has 1 unspecified atom stereocenters. The molecule has 1 aliphatic heterocycles. The summed E-state index contributed by atoms with van der Waals surface area (Å²) in [4.78, 5) is 2.25. The molecule has 100 valence electrons. The third-order valence-electron chi connectivity index (χ3n) is 3.82.